The number of halogens is 1. The molecule has 26 heavy (non-hydrogen) atoms. The van der Waals surface area contributed by atoms with Gasteiger partial charge in [-0.25, -0.2) is 5.43 Å². The largest absolute Gasteiger partial charge is 0.486 e. The van der Waals surface area contributed by atoms with Crippen molar-refractivity contribution >= 4 is 44.6 Å². The maximum Gasteiger partial charge on any atom is 0.283 e. The van der Waals surface area contributed by atoms with Gasteiger partial charge in [-0.05, 0) is 31.2 Å². The van der Waals surface area contributed by atoms with E-state index in [0.717, 1.165) is 15.6 Å². The first-order valence-corrected chi connectivity index (χ1v) is 9.24. The van der Waals surface area contributed by atoms with E-state index in [1.807, 2.05) is 49.4 Å². The number of ether oxygens (including phenoxy) is 2. The summed E-state index contributed by atoms with van der Waals surface area (Å²) in [4.78, 5) is 12.9. The number of thiophene rings is 1. The van der Waals surface area contributed by atoms with Crippen LogP contribution in [0.3, 0.4) is 0 Å². The number of hydrogen-bond donors (Lipinski definition) is 1. The highest BCUT2D eigenvalue weighted by molar-refractivity contribution is 7.21. The fourth-order valence-corrected chi connectivity index (χ4v) is 4.09. The summed E-state index contributed by atoms with van der Waals surface area (Å²) in [7, 11) is 0. The number of amides is 1. The highest BCUT2D eigenvalue weighted by Gasteiger charge is 2.17. The molecule has 0 fully saturated rings. The van der Waals surface area contributed by atoms with E-state index >= 15 is 0 Å². The zero-order chi connectivity index (χ0) is 18.1. The number of hydrogen-bond acceptors (Lipinski definition) is 5. The molecule has 0 atom stereocenters. The van der Waals surface area contributed by atoms with E-state index in [9.17, 15) is 4.79 Å². The average molecular weight is 387 g/mol. The zero-order valence-corrected chi connectivity index (χ0v) is 15.5. The number of nitrogens with one attached hydrogen (secondary N) is 1. The molecule has 0 radical (unpaired) electrons. The van der Waals surface area contributed by atoms with Crippen LogP contribution in [0, 0.1) is 0 Å². The normalized spacial score (nSPS) is 13.7. The number of benzene rings is 2. The van der Waals surface area contributed by atoms with Crippen molar-refractivity contribution in [1.82, 2.24) is 5.43 Å². The topological polar surface area (TPSA) is 59.9 Å². The zero-order valence-electron chi connectivity index (χ0n) is 13.9. The fraction of sp³-hybridized carbons (Fsp3) is 0.158. The lowest BCUT2D eigenvalue weighted by molar-refractivity contribution is 0.0959. The van der Waals surface area contributed by atoms with Gasteiger partial charge in [-0.3, -0.25) is 4.79 Å². The smallest absolute Gasteiger partial charge is 0.283 e. The van der Waals surface area contributed by atoms with Crippen molar-refractivity contribution in [2.75, 3.05) is 13.2 Å². The van der Waals surface area contributed by atoms with Gasteiger partial charge < -0.3 is 9.47 Å². The van der Waals surface area contributed by atoms with Crippen LogP contribution in [0.2, 0.25) is 5.02 Å². The first-order chi connectivity index (χ1) is 12.6. The molecule has 0 spiro atoms. The summed E-state index contributed by atoms with van der Waals surface area (Å²) in [5, 5.41) is 5.53. The van der Waals surface area contributed by atoms with Gasteiger partial charge in [0.1, 0.15) is 18.1 Å². The Morgan fingerprint density at radius 2 is 1.92 bits per heavy atom. The molecule has 0 saturated carbocycles. The molecule has 1 aliphatic rings. The molecule has 2 aromatic carbocycles. The van der Waals surface area contributed by atoms with Crippen molar-refractivity contribution in [3.05, 3.63) is 57.9 Å². The van der Waals surface area contributed by atoms with Crippen molar-refractivity contribution in [2.45, 2.75) is 6.92 Å². The summed E-state index contributed by atoms with van der Waals surface area (Å²) < 4.78 is 12.1. The summed E-state index contributed by atoms with van der Waals surface area (Å²) in [5.41, 5.74) is 4.09. The van der Waals surface area contributed by atoms with E-state index < -0.39 is 0 Å². The molecule has 5 nitrogen and oxygen atoms in total. The number of hydrazone groups is 1. The highest BCUT2D eigenvalue weighted by Crippen LogP contribution is 2.35. The van der Waals surface area contributed by atoms with Gasteiger partial charge in [0.05, 0.1) is 10.7 Å². The van der Waals surface area contributed by atoms with Crippen LogP contribution >= 0.6 is 22.9 Å². The Balaban J connectivity index is 1.55. The molecule has 0 unspecified atom stereocenters. The quantitative estimate of drug-likeness (QED) is 0.533. The van der Waals surface area contributed by atoms with Gasteiger partial charge in [0, 0.05) is 15.6 Å². The van der Waals surface area contributed by atoms with E-state index in [-0.39, 0.29) is 5.91 Å². The molecular formula is C19H15ClN2O3S. The van der Waals surface area contributed by atoms with Gasteiger partial charge in [0.25, 0.3) is 5.91 Å². The first kappa shape index (κ1) is 16.9. The molecule has 3 aromatic rings. The van der Waals surface area contributed by atoms with Crippen LogP contribution in [0.25, 0.3) is 10.1 Å². The molecule has 0 aliphatic carbocycles. The van der Waals surface area contributed by atoms with Crippen LogP contribution in [0.1, 0.15) is 22.2 Å². The molecule has 4 rings (SSSR count). The Bertz CT molecular complexity index is 1030. The number of fused-ring (bicyclic) bond motifs is 2. The third kappa shape index (κ3) is 3.13. The van der Waals surface area contributed by atoms with Gasteiger partial charge in [0.15, 0.2) is 11.5 Å². The highest BCUT2D eigenvalue weighted by atomic mass is 35.5. The Labute approximate surface area is 159 Å². The van der Waals surface area contributed by atoms with Crippen molar-refractivity contribution in [3.8, 4) is 11.5 Å². The Morgan fingerprint density at radius 1 is 1.15 bits per heavy atom. The first-order valence-electron chi connectivity index (χ1n) is 8.05. The second-order valence-electron chi connectivity index (χ2n) is 5.74. The van der Waals surface area contributed by atoms with Crippen molar-refractivity contribution in [1.29, 1.82) is 0 Å². The Morgan fingerprint density at radius 3 is 2.73 bits per heavy atom. The van der Waals surface area contributed by atoms with Gasteiger partial charge in [-0.2, -0.15) is 5.10 Å². The summed E-state index contributed by atoms with van der Waals surface area (Å²) in [6, 6.07) is 13.2. The molecule has 7 heteroatoms. The molecule has 0 saturated heterocycles. The van der Waals surface area contributed by atoms with Crippen LogP contribution in [0.4, 0.5) is 0 Å². The minimum absolute atomic E-state index is 0.326. The van der Waals surface area contributed by atoms with E-state index in [1.165, 1.54) is 11.3 Å². The fourth-order valence-electron chi connectivity index (χ4n) is 2.68. The van der Waals surface area contributed by atoms with Crippen LogP contribution in [-0.2, 0) is 0 Å². The lowest BCUT2D eigenvalue weighted by Crippen LogP contribution is -2.19. The molecule has 1 aromatic heterocycles. The lowest BCUT2D eigenvalue weighted by Gasteiger charge is -2.18. The molecule has 2 heterocycles. The van der Waals surface area contributed by atoms with Gasteiger partial charge in [0.2, 0.25) is 0 Å². The lowest BCUT2D eigenvalue weighted by atomic mass is 10.1. The third-order valence-corrected chi connectivity index (χ3v) is 5.70. The monoisotopic (exact) mass is 386 g/mol. The Hall–Kier alpha value is -2.57. The predicted octanol–water partition coefficient (Wildman–Crippen LogP) is 4.48. The van der Waals surface area contributed by atoms with Crippen molar-refractivity contribution < 1.29 is 14.3 Å². The average Bonchev–Trinajstić information content (AvgIpc) is 3.02. The molecule has 1 aliphatic heterocycles. The van der Waals surface area contributed by atoms with Gasteiger partial charge in [-0.1, -0.05) is 29.8 Å². The Kier molecular flexibility index (Phi) is 4.53. The third-order valence-electron chi connectivity index (χ3n) is 4.03. The predicted molar refractivity (Wildman–Crippen MR) is 104 cm³/mol. The summed E-state index contributed by atoms with van der Waals surface area (Å²) in [6.45, 7) is 2.89. The van der Waals surface area contributed by atoms with Gasteiger partial charge >= 0.3 is 0 Å². The minimum atomic E-state index is -0.326. The molecular weight excluding hydrogens is 372 g/mol. The van der Waals surface area contributed by atoms with Crippen molar-refractivity contribution in [3.63, 3.8) is 0 Å². The van der Waals surface area contributed by atoms with Crippen molar-refractivity contribution in [2.24, 2.45) is 5.10 Å². The summed E-state index contributed by atoms with van der Waals surface area (Å²) >= 11 is 7.68. The summed E-state index contributed by atoms with van der Waals surface area (Å²) in [6.07, 6.45) is 0. The maximum atomic E-state index is 12.5. The second kappa shape index (κ2) is 6.97. The van der Waals surface area contributed by atoms with E-state index in [0.29, 0.717) is 40.3 Å². The SMILES string of the molecule is C/C(=N/NC(=O)c1sc2ccccc2c1Cl)c1ccc2c(c1)OCCO2. The number of carbonyl (C=O) groups is 1. The van der Waals surface area contributed by atoms with E-state index in [4.69, 9.17) is 21.1 Å². The van der Waals surface area contributed by atoms with E-state index in [2.05, 4.69) is 10.5 Å². The second-order valence-corrected chi connectivity index (χ2v) is 7.17. The van der Waals surface area contributed by atoms with Crippen LogP contribution < -0.4 is 14.9 Å². The molecule has 1 amide bonds. The number of rotatable bonds is 3. The number of nitrogens with zero attached hydrogens (tertiary/aromatic N) is 1. The van der Waals surface area contributed by atoms with Crippen LogP contribution in [0.5, 0.6) is 11.5 Å². The maximum absolute atomic E-state index is 12.5. The molecule has 0 bridgehead atoms. The number of carbonyl (C=O) groups excluding carboxylic acids is 1. The van der Waals surface area contributed by atoms with Crippen LogP contribution in [0.15, 0.2) is 47.6 Å². The van der Waals surface area contributed by atoms with Gasteiger partial charge in [-0.15, -0.1) is 11.3 Å². The van der Waals surface area contributed by atoms with E-state index in [1.54, 1.807) is 0 Å². The molecule has 1 N–H and O–H groups in total. The summed E-state index contributed by atoms with van der Waals surface area (Å²) in [5.74, 6) is 1.07. The van der Waals surface area contributed by atoms with Crippen LogP contribution in [-0.4, -0.2) is 24.8 Å². The molecule has 132 valence electrons. The minimum Gasteiger partial charge on any atom is -0.486 e. The standard InChI is InChI=1S/C19H15ClN2O3S/c1-11(12-6-7-14-15(10-12)25-9-8-24-14)21-22-19(23)18-17(20)13-4-2-3-5-16(13)26-18/h2-7,10H,8-9H2,1H3,(H,22,23)/b21-11-.